The first kappa shape index (κ1) is 26.0. The Bertz CT molecular complexity index is 603. The minimum atomic E-state index is -1.55. The van der Waals surface area contributed by atoms with Crippen LogP contribution in [0.3, 0.4) is 0 Å². The molecule has 160 valence electrons. The average molecular weight is 438 g/mol. The number of carbonyl (C=O) groups excluding carboxylic acids is 4. The SMILES string of the molecule is CC(C)C(N)C(=O)NC(CS)C(=O)NC(CS)C(=O)NC(CC(N)=O)C(=O)O. The van der Waals surface area contributed by atoms with E-state index in [0.717, 1.165) is 0 Å². The van der Waals surface area contributed by atoms with Gasteiger partial charge in [0.1, 0.15) is 18.1 Å². The minimum absolute atomic E-state index is 0.0667. The van der Waals surface area contributed by atoms with Gasteiger partial charge in [0.15, 0.2) is 0 Å². The second-order valence-corrected chi connectivity index (χ2v) is 7.06. The van der Waals surface area contributed by atoms with Crippen LogP contribution in [-0.2, 0) is 24.0 Å². The Morgan fingerprint density at radius 1 is 0.857 bits per heavy atom. The molecule has 0 aliphatic carbocycles. The van der Waals surface area contributed by atoms with Gasteiger partial charge in [-0.1, -0.05) is 13.8 Å². The normalized spacial score (nSPS) is 15.1. The molecule has 0 rings (SSSR count). The van der Waals surface area contributed by atoms with E-state index >= 15 is 0 Å². The average Bonchev–Trinajstić information content (AvgIpc) is 2.61. The molecule has 11 nitrogen and oxygen atoms in total. The fourth-order valence-corrected chi connectivity index (χ4v) is 2.42. The molecule has 0 aliphatic heterocycles. The van der Waals surface area contributed by atoms with Gasteiger partial charge in [-0.2, -0.15) is 25.3 Å². The van der Waals surface area contributed by atoms with Gasteiger partial charge in [0, 0.05) is 11.5 Å². The highest BCUT2D eigenvalue weighted by molar-refractivity contribution is 7.80. The highest BCUT2D eigenvalue weighted by Crippen LogP contribution is 2.01. The summed E-state index contributed by atoms with van der Waals surface area (Å²) in [5.41, 5.74) is 10.7. The Hall–Kier alpha value is -1.99. The van der Waals surface area contributed by atoms with E-state index in [1.54, 1.807) is 13.8 Å². The van der Waals surface area contributed by atoms with Crippen LogP contribution in [0, 0.1) is 5.92 Å². The molecule has 0 bridgehead atoms. The summed E-state index contributed by atoms with van der Waals surface area (Å²) in [6, 6.07) is -4.67. The van der Waals surface area contributed by atoms with Crippen LogP contribution >= 0.6 is 25.3 Å². The number of carbonyl (C=O) groups is 5. The van der Waals surface area contributed by atoms with Crippen molar-refractivity contribution in [2.24, 2.45) is 17.4 Å². The molecule has 0 radical (unpaired) electrons. The van der Waals surface area contributed by atoms with Gasteiger partial charge in [0.25, 0.3) is 0 Å². The summed E-state index contributed by atoms with van der Waals surface area (Å²) in [6.07, 6.45) is -0.614. The molecule has 4 amide bonds. The zero-order valence-corrected chi connectivity index (χ0v) is 17.3. The Morgan fingerprint density at radius 3 is 1.57 bits per heavy atom. The lowest BCUT2D eigenvalue weighted by molar-refractivity contribution is -0.143. The number of thiol groups is 2. The molecule has 0 heterocycles. The molecule has 8 N–H and O–H groups in total. The van der Waals surface area contributed by atoms with Gasteiger partial charge in [-0.05, 0) is 5.92 Å². The molecule has 0 aromatic heterocycles. The summed E-state index contributed by atoms with van der Waals surface area (Å²) in [7, 11) is 0. The molecule has 28 heavy (non-hydrogen) atoms. The van der Waals surface area contributed by atoms with Crippen molar-refractivity contribution >= 4 is 54.9 Å². The number of aliphatic carboxylic acids is 1. The molecule has 0 spiro atoms. The van der Waals surface area contributed by atoms with Crippen molar-refractivity contribution in [1.82, 2.24) is 16.0 Å². The monoisotopic (exact) mass is 437 g/mol. The third kappa shape index (κ3) is 8.80. The third-order valence-corrected chi connectivity index (χ3v) is 4.40. The van der Waals surface area contributed by atoms with Gasteiger partial charge < -0.3 is 32.5 Å². The summed E-state index contributed by atoms with van der Waals surface area (Å²) in [6.45, 7) is 3.48. The van der Waals surface area contributed by atoms with Crippen LogP contribution in [0.2, 0.25) is 0 Å². The number of nitrogens with two attached hydrogens (primary N) is 2. The highest BCUT2D eigenvalue weighted by atomic mass is 32.1. The Balaban J connectivity index is 5.02. The van der Waals surface area contributed by atoms with Gasteiger partial charge >= 0.3 is 5.97 Å². The fraction of sp³-hybridized carbons (Fsp3) is 0.667. The van der Waals surface area contributed by atoms with Crippen LogP contribution in [0.1, 0.15) is 20.3 Å². The van der Waals surface area contributed by atoms with E-state index in [9.17, 15) is 24.0 Å². The number of primary amides is 1. The summed E-state index contributed by atoms with van der Waals surface area (Å²) in [5, 5.41) is 15.9. The van der Waals surface area contributed by atoms with Crippen LogP contribution in [-0.4, -0.2) is 70.4 Å². The predicted molar refractivity (Wildman–Crippen MR) is 108 cm³/mol. The number of amides is 4. The molecule has 0 saturated heterocycles. The first-order valence-electron chi connectivity index (χ1n) is 8.34. The Morgan fingerprint density at radius 2 is 1.25 bits per heavy atom. The van der Waals surface area contributed by atoms with Crippen molar-refractivity contribution in [2.45, 2.75) is 44.4 Å². The zero-order chi connectivity index (χ0) is 22.0. The lowest BCUT2D eigenvalue weighted by Crippen LogP contribution is -2.58. The van der Waals surface area contributed by atoms with Crippen molar-refractivity contribution in [3.8, 4) is 0 Å². The minimum Gasteiger partial charge on any atom is -0.480 e. The van der Waals surface area contributed by atoms with Crippen molar-refractivity contribution in [2.75, 3.05) is 11.5 Å². The number of rotatable bonds is 12. The molecule has 0 aromatic rings. The van der Waals surface area contributed by atoms with E-state index in [0.29, 0.717) is 0 Å². The summed E-state index contributed by atoms with van der Waals surface area (Å²) < 4.78 is 0. The first-order chi connectivity index (χ1) is 12.9. The van der Waals surface area contributed by atoms with Gasteiger partial charge in [-0.3, -0.25) is 19.2 Å². The van der Waals surface area contributed by atoms with Crippen LogP contribution < -0.4 is 27.4 Å². The van der Waals surface area contributed by atoms with E-state index in [2.05, 4.69) is 41.2 Å². The van der Waals surface area contributed by atoms with Gasteiger partial charge in [0.2, 0.25) is 23.6 Å². The molecule has 0 aromatic carbocycles. The maximum absolute atomic E-state index is 12.4. The van der Waals surface area contributed by atoms with E-state index in [1.165, 1.54) is 0 Å². The first-order valence-corrected chi connectivity index (χ1v) is 9.60. The standard InChI is InChI=1S/C15H27N5O6S2/c1-6(2)11(17)14(24)20-9(5-28)13(23)19-8(4-27)12(22)18-7(15(25)26)3-10(16)21/h6-9,11,27-28H,3-5,17H2,1-2H3,(H2,16,21)(H,18,22)(H,19,23)(H,20,24)(H,25,26). The Kier molecular flexibility index (Phi) is 11.6. The fourth-order valence-electron chi connectivity index (χ4n) is 1.90. The number of hydrogen-bond donors (Lipinski definition) is 8. The molecule has 4 unspecified atom stereocenters. The Labute approximate surface area is 173 Å². The van der Waals surface area contributed by atoms with Gasteiger partial charge in [0.05, 0.1) is 12.5 Å². The second-order valence-electron chi connectivity index (χ2n) is 6.33. The van der Waals surface area contributed by atoms with E-state index in [4.69, 9.17) is 16.6 Å². The van der Waals surface area contributed by atoms with Crippen molar-refractivity contribution < 1.29 is 29.1 Å². The summed E-state index contributed by atoms with van der Waals surface area (Å²) in [5.74, 6) is -4.92. The van der Waals surface area contributed by atoms with Crippen LogP contribution in [0.4, 0.5) is 0 Å². The van der Waals surface area contributed by atoms with Crippen molar-refractivity contribution in [1.29, 1.82) is 0 Å². The number of carboxylic acids is 1. The van der Waals surface area contributed by atoms with Crippen molar-refractivity contribution in [3.63, 3.8) is 0 Å². The third-order valence-electron chi connectivity index (χ3n) is 3.67. The van der Waals surface area contributed by atoms with Crippen LogP contribution in [0.5, 0.6) is 0 Å². The summed E-state index contributed by atoms with van der Waals surface area (Å²) >= 11 is 7.97. The number of nitrogens with one attached hydrogen (secondary N) is 3. The highest BCUT2D eigenvalue weighted by Gasteiger charge is 2.30. The van der Waals surface area contributed by atoms with Crippen LogP contribution in [0.25, 0.3) is 0 Å². The van der Waals surface area contributed by atoms with E-state index in [1.807, 2.05) is 0 Å². The lowest BCUT2D eigenvalue weighted by Gasteiger charge is -2.24. The molecule has 0 saturated carbocycles. The largest absolute Gasteiger partial charge is 0.480 e. The molecular formula is C15H27N5O6S2. The summed E-state index contributed by atoms with van der Waals surface area (Å²) in [4.78, 5) is 58.6. The lowest BCUT2D eigenvalue weighted by atomic mass is 10.0. The van der Waals surface area contributed by atoms with Crippen LogP contribution in [0.15, 0.2) is 0 Å². The quantitative estimate of drug-likeness (QED) is 0.151. The molecule has 13 heteroatoms. The zero-order valence-electron chi connectivity index (χ0n) is 15.5. The molecule has 0 aliphatic rings. The maximum atomic E-state index is 12.4. The van der Waals surface area contributed by atoms with E-state index in [-0.39, 0.29) is 17.4 Å². The number of carboxylic acid groups (broad SMARTS) is 1. The van der Waals surface area contributed by atoms with Crippen molar-refractivity contribution in [3.05, 3.63) is 0 Å². The topological polar surface area (TPSA) is 194 Å². The molecular weight excluding hydrogens is 410 g/mol. The number of hydrogen-bond acceptors (Lipinski definition) is 8. The molecule has 4 atom stereocenters. The predicted octanol–water partition coefficient (Wildman–Crippen LogP) is -2.76. The second kappa shape index (κ2) is 12.5. The maximum Gasteiger partial charge on any atom is 0.326 e. The van der Waals surface area contributed by atoms with E-state index < -0.39 is 60.2 Å². The molecule has 0 fully saturated rings. The smallest absolute Gasteiger partial charge is 0.326 e. The van der Waals surface area contributed by atoms with Gasteiger partial charge in [-0.15, -0.1) is 0 Å². The van der Waals surface area contributed by atoms with Gasteiger partial charge in [-0.25, -0.2) is 4.79 Å².